The summed E-state index contributed by atoms with van der Waals surface area (Å²) in [6.07, 6.45) is 0.933. The molecule has 0 saturated heterocycles. The minimum absolute atomic E-state index is 0. The Kier molecular flexibility index (Phi) is 11.9. The summed E-state index contributed by atoms with van der Waals surface area (Å²) < 4.78 is 13.7. The minimum atomic E-state index is -0.707. The molecule has 0 bridgehead atoms. The Morgan fingerprint density at radius 1 is 1.05 bits per heavy atom. The molecule has 10 nitrogen and oxygen atoms in total. The Hall–Kier alpha value is -3.44. The normalized spacial score (nSPS) is 16.0. The maximum absolute atomic E-state index is 12.7. The number of carbonyl (C=O) groups is 2. The summed E-state index contributed by atoms with van der Waals surface area (Å²) in [5.41, 5.74) is 1.54. The number of ether oxygens (including phenoxy) is 2. The average Bonchev–Trinajstić information content (AvgIpc) is 3.36. The van der Waals surface area contributed by atoms with Gasteiger partial charge in [-0.3, -0.25) is 14.5 Å². The number of aromatic nitrogens is 2. The molecule has 212 valence electrons. The highest BCUT2D eigenvalue weighted by Crippen LogP contribution is 2.28. The Balaban J connectivity index is 0.00000267. The Morgan fingerprint density at radius 2 is 1.69 bits per heavy atom. The molecule has 0 radical (unpaired) electrons. The predicted molar refractivity (Wildman–Crippen MR) is 144 cm³/mol. The fourth-order valence-corrected chi connectivity index (χ4v) is 4.45. The van der Waals surface area contributed by atoms with Gasteiger partial charge in [0.2, 0.25) is 5.91 Å². The number of anilines is 1. The summed E-state index contributed by atoms with van der Waals surface area (Å²) in [7, 11) is 1.65. The lowest BCUT2D eigenvalue weighted by Crippen LogP contribution is -3.13. The number of likely N-dealkylation sites (N-methyl/N-ethyl adjacent to an activating group) is 1. The van der Waals surface area contributed by atoms with Crippen molar-refractivity contribution in [3.05, 3.63) is 72.2 Å². The van der Waals surface area contributed by atoms with Crippen LogP contribution in [0.1, 0.15) is 29.9 Å². The summed E-state index contributed by atoms with van der Waals surface area (Å²) in [5.74, 6) is 0.486. The van der Waals surface area contributed by atoms with Crippen molar-refractivity contribution in [3.63, 3.8) is 0 Å². The molecule has 0 spiro atoms. The van der Waals surface area contributed by atoms with E-state index >= 15 is 0 Å². The van der Waals surface area contributed by atoms with E-state index in [1.54, 1.807) is 20.3 Å². The van der Waals surface area contributed by atoms with Crippen molar-refractivity contribution in [1.29, 1.82) is 0 Å². The molecule has 2 heterocycles. The molecule has 39 heavy (non-hydrogen) atoms. The van der Waals surface area contributed by atoms with Gasteiger partial charge in [0, 0.05) is 7.05 Å². The number of ketones is 1. The number of para-hydroxylation sites is 2. The van der Waals surface area contributed by atoms with E-state index in [1.807, 2.05) is 59.2 Å². The van der Waals surface area contributed by atoms with Crippen molar-refractivity contribution in [3.8, 4) is 11.5 Å². The largest absolute Gasteiger partial charge is 1.00 e. The Bertz CT molecular complexity index is 1220. The van der Waals surface area contributed by atoms with E-state index < -0.39 is 12.0 Å². The van der Waals surface area contributed by atoms with Gasteiger partial charge in [-0.2, -0.15) is 0 Å². The zero-order valence-corrected chi connectivity index (χ0v) is 23.4. The molecule has 3 aromatic rings. The van der Waals surface area contributed by atoms with Gasteiger partial charge >= 0.3 is 0 Å². The summed E-state index contributed by atoms with van der Waals surface area (Å²) in [4.78, 5) is 31.9. The number of carbonyl (C=O) groups excluding carboxylic acids is 2. The summed E-state index contributed by atoms with van der Waals surface area (Å²) >= 11 is 0. The second-order valence-electron chi connectivity index (χ2n) is 9.34. The first-order valence-corrected chi connectivity index (χ1v) is 12.7. The van der Waals surface area contributed by atoms with Crippen molar-refractivity contribution in [2.45, 2.75) is 33.1 Å². The molecule has 4 rings (SSSR count). The van der Waals surface area contributed by atoms with Gasteiger partial charge < -0.3 is 42.6 Å². The molecular formula is C28H38ClN5O5. The van der Waals surface area contributed by atoms with Gasteiger partial charge in [-0.15, -0.1) is 0 Å². The monoisotopic (exact) mass is 559 g/mol. The zero-order valence-electron chi connectivity index (χ0n) is 22.7. The van der Waals surface area contributed by atoms with E-state index in [2.05, 4.69) is 11.9 Å². The maximum atomic E-state index is 12.7. The first-order valence-electron chi connectivity index (χ1n) is 12.7. The Labute approximate surface area is 235 Å². The van der Waals surface area contributed by atoms with Crippen molar-refractivity contribution < 1.29 is 41.5 Å². The molecule has 0 aliphatic carbocycles. The third kappa shape index (κ3) is 7.57. The van der Waals surface area contributed by atoms with Crippen molar-refractivity contribution >= 4 is 17.5 Å². The standard InChI is InChI=1S/C28H34N4O5.ClH.H3N/c1-4-31(14-15-32-19-29-27-25(32)26(34)20(2)28(35)30(27)3)16-22(33)18-37-24-13-9-8-12-23(24)36-17-21-10-6-5-7-11-21;;/h5-13,19-20,22,33H,4,14-18H2,1-3H3;1H;1H3. The lowest BCUT2D eigenvalue weighted by Gasteiger charge is -2.26. The molecule has 11 heteroatoms. The number of aliphatic hydroxyl groups is 1. The van der Waals surface area contributed by atoms with Crippen LogP contribution in [0, 0.1) is 5.92 Å². The third-order valence-corrected chi connectivity index (χ3v) is 6.71. The maximum Gasteiger partial charge on any atom is 0.238 e. The molecule has 0 saturated carbocycles. The highest BCUT2D eigenvalue weighted by Gasteiger charge is 2.38. The number of amides is 1. The van der Waals surface area contributed by atoms with Gasteiger partial charge in [0.15, 0.2) is 23.1 Å². The summed E-state index contributed by atoms with van der Waals surface area (Å²) in [5, 5.41) is 10.7. The number of rotatable bonds is 12. The number of nitrogens with zero attached hydrogens (tertiary/aromatic N) is 3. The van der Waals surface area contributed by atoms with E-state index in [0.29, 0.717) is 49.3 Å². The number of Topliss-reactive ketones (excluding diaryl/α,β-unsaturated/α-hetero) is 1. The third-order valence-electron chi connectivity index (χ3n) is 6.71. The number of aliphatic hydroxyl groups excluding tert-OH is 1. The fourth-order valence-electron chi connectivity index (χ4n) is 4.45. The molecule has 1 aromatic heterocycles. The molecule has 2 aromatic carbocycles. The van der Waals surface area contributed by atoms with Gasteiger partial charge in [-0.05, 0) is 31.5 Å². The lowest BCUT2D eigenvalue weighted by atomic mass is 9.98. The number of hydrogen-bond donors (Lipinski definition) is 3. The van der Waals surface area contributed by atoms with Crippen LogP contribution in [0.5, 0.6) is 11.5 Å². The van der Waals surface area contributed by atoms with Crippen LogP contribution in [-0.4, -0.2) is 65.7 Å². The lowest BCUT2D eigenvalue weighted by molar-refractivity contribution is -0.902. The van der Waals surface area contributed by atoms with Crippen molar-refractivity contribution in [2.75, 3.05) is 38.2 Å². The quantitative estimate of drug-likeness (QED) is 0.237. The predicted octanol–water partition coefficient (Wildman–Crippen LogP) is -1.23. The molecular weight excluding hydrogens is 522 g/mol. The number of imidazole rings is 1. The summed E-state index contributed by atoms with van der Waals surface area (Å²) in [6, 6.07) is 17.4. The van der Waals surface area contributed by atoms with Crippen LogP contribution < -0.4 is 37.8 Å². The molecule has 0 fully saturated rings. The number of halogens is 1. The Morgan fingerprint density at radius 3 is 2.36 bits per heavy atom. The van der Waals surface area contributed by atoms with Crippen LogP contribution in [0.25, 0.3) is 0 Å². The van der Waals surface area contributed by atoms with E-state index in [9.17, 15) is 14.7 Å². The van der Waals surface area contributed by atoms with Gasteiger partial charge in [-0.1, -0.05) is 42.5 Å². The topological polar surface area (TPSA) is 133 Å². The second-order valence-corrected chi connectivity index (χ2v) is 9.34. The highest BCUT2D eigenvalue weighted by molar-refractivity contribution is 6.19. The SMILES string of the molecule is CC[NH+](CCn1cnc2c1C(=O)C(C)C(=O)N2C)CC(O)COc1ccccc1OCc1ccccc1.N.[Cl-]. The zero-order chi connectivity index (χ0) is 26.4. The number of quaternary nitrogens is 1. The first-order chi connectivity index (χ1) is 17.9. The number of nitrogens with one attached hydrogen (secondary N) is 1. The first kappa shape index (κ1) is 31.8. The number of hydrogen-bond acceptors (Lipinski definition) is 7. The number of fused-ring (bicyclic) bond motifs is 1. The fraction of sp³-hybridized carbons (Fsp3) is 0.393. The van der Waals surface area contributed by atoms with E-state index in [1.165, 1.54) is 4.90 Å². The van der Waals surface area contributed by atoms with Crippen molar-refractivity contribution in [2.24, 2.45) is 5.92 Å². The van der Waals surface area contributed by atoms with Gasteiger partial charge in [0.25, 0.3) is 0 Å². The second kappa shape index (κ2) is 14.6. The molecule has 5 N–H and O–H groups in total. The average molecular weight is 560 g/mol. The van der Waals surface area contributed by atoms with E-state index in [4.69, 9.17) is 9.47 Å². The van der Waals surface area contributed by atoms with Crippen LogP contribution in [-0.2, 0) is 17.9 Å². The molecule has 3 unspecified atom stereocenters. The van der Waals surface area contributed by atoms with Crippen LogP contribution in [0.15, 0.2) is 60.9 Å². The number of benzene rings is 2. The van der Waals surface area contributed by atoms with Crippen LogP contribution in [0.4, 0.5) is 5.82 Å². The van der Waals surface area contributed by atoms with Crippen LogP contribution in [0.2, 0.25) is 0 Å². The van der Waals surface area contributed by atoms with E-state index in [0.717, 1.165) is 17.0 Å². The smallest absolute Gasteiger partial charge is 0.238 e. The molecule has 1 aliphatic heterocycles. The van der Waals surface area contributed by atoms with Gasteiger partial charge in [0.1, 0.15) is 37.5 Å². The van der Waals surface area contributed by atoms with Crippen LogP contribution >= 0.6 is 0 Å². The molecule has 3 atom stereocenters. The van der Waals surface area contributed by atoms with Gasteiger partial charge in [-0.25, -0.2) is 4.98 Å². The van der Waals surface area contributed by atoms with Crippen molar-refractivity contribution in [1.82, 2.24) is 15.7 Å². The summed E-state index contributed by atoms with van der Waals surface area (Å²) in [6.45, 7) is 6.78. The molecule has 1 amide bonds. The minimum Gasteiger partial charge on any atom is -1.00 e. The highest BCUT2D eigenvalue weighted by atomic mass is 35.5. The van der Waals surface area contributed by atoms with E-state index in [-0.39, 0.29) is 36.9 Å². The molecule has 1 aliphatic rings. The van der Waals surface area contributed by atoms with Crippen LogP contribution in [0.3, 0.4) is 0 Å². The van der Waals surface area contributed by atoms with Gasteiger partial charge in [0.05, 0.1) is 26.0 Å².